The molecule has 1 amide bonds. The Balaban J connectivity index is 1.63. The second-order valence-electron chi connectivity index (χ2n) is 7.33. The summed E-state index contributed by atoms with van der Waals surface area (Å²) >= 11 is 0. The molecule has 0 aliphatic carbocycles. The van der Waals surface area contributed by atoms with E-state index in [4.69, 9.17) is 19.7 Å². The van der Waals surface area contributed by atoms with Gasteiger partial charge in [-0.15, -0.1) is 0 Å². The van der Waals surface area contributed by atoms with Gasteiger partial charge in [0.05, 0.1) is 20.5 Å². The summed E-state index contributed by atoms with van der Waals surface area (Å²) in [6.45, 7) is 0.361. The molecule has 14 nitrogen and oxygen atoms in total. The van der Waals surface area contributed by atoms with Crippen LogP contribution in [0.2, 0.25) is 0 Å². The van der Waals surface area contributed by atoms with Crippen LogP contribution in [0.5, 0.6) is 11.5 Å². The fourth-order valence-electron chi connectivity index (χ4n) is 3.80. The number of methoxy groups -OCH3 is 2. The van der Waals surface area contributed by atoms with Crippen LogP contribution in [0.1, 0.15) is 11.8 Å². The number of benzene rings is 1. The van der Waals surface area contributed by atoms with E-state index in [1.54, 1.807) is 20.3 Å². The smallest absolute Gasteiger partial charge is 0.249 e. The van der Waals surface area contributed by atoms with Gasteiger partial charge in [-0.05, 0) is 23.7 Å². The minimum atomic E-state index is -1.30. The number of hydrogen-bond donors (Lipinski definition) is 3. The molecule has 1 aliphatic rings. The van der Waals surface area contributed by atoms with Crippen molar-refractivity contribution in [2.24, 2.45) is 5.11 Å². The molecular formula is C20H23N9O5. The number of fused-ring (bicyclic) bond motifs is 1. The van der Waals surface area contributed by atoms with Crippen molar-refractivity contribution in [2.45, 2.75) is 31.0 Å². The van der Waals surface area contributed by atoms with Gasteiger partial charge in [0.1, 0.15) is 36.1 Å². The number of carbonyl (C=O) groups is 1. The lowest BCUT2D eigenvalue weighted by atomic mass is 10.1. The van der Waals surface area contributed by atoms with E-state index in [0.29, 0.717) is 35.0 Å². The van der Waals surface area contributed by atoms with Gasteiger partial charge in [0, 0.05) is 24.1 Å². The van der Waals surface area contributed by atoms with Crippen LogP contribution in [0.4, 0.5) is 5.82 Å². The monoisotopic (exact) mass is 469 g/mol. The van der Waals surface area contributed by atoms with Gasteiger partial charge < -0.3 is 30.0 Å². The van der Waals surface area contributed by atoms with E-state index in [2.05, 4.69) is 35.6 Å². The highest BCUT2D eigenvalue weighted by molar-refractivity contribution is 5.83. The molecule has 4 atom stereocenters. The van der Waals surface area contributed by atoms with Crippen molar-refractivity contribution < 1.29 is 24.1 Å². The first-order valence-electron chi connectivity index (χ1n) is 10.2. The molecule has 4 rings (SSSR count). The summed E-state index contributed by atoms with van der Waals surface area (Å²) in [5.41, 5.74) is 10.5. The summed E-state index contributed by atoms with van der Waals surface area (Å²) in [4.78, 5) is 27.8. The Kier molecular flexibility index (Phi) is 6.63. The molecule has 14 heteroatoms. The lowest BCUT2D eigenvalue weighted by molar-refractivity contribution is -0.134. The molecule has 178 valence electrons. The van der Waals surface area contributed by atoms with Crippen molar-refractivity contribution in [3.8, 4) is 11.5 Å². The van der Waals surface area contributed by atoms with E-state index in [1.807, 2.05) is 12.1 Å². The normalized spacial score (nSPS) is 21.6. The maximum Gasteiger partial charge on any atom is 0.249 e. The highest BCUT2D eigenvalue weighted by atomic mass is 16.5. The van der Waals surface area contributed by atoms with Gasteiger partial charge >= 0.3 is 0 Å². The molecule has 1 fully saturated rings. The SMILES string of the molecule is CNC(=O)C1OC(n2cnc3c(NCc4cc(OC)ccc4OC)ncnc32)C(O)C1N=[N+]=[N-]. The van der Waals surface area contributed by atoms with Crippen LogP contribution in [-0.2, 0) is 16.1 Å². The number of aromatic nitrogens is 4. The summed E-state index contributed by atoms with van der Waals surface area (Å²) in [5, 5.41) is 20.0. The zero-order valence-corrected chi connectivity index (χ0v) is 18.6. The number of hydrogen-bond acceptors (Lipinski definition) is 10. The Morgan fingerprint density at radius 2 is 2.15 bits per heavy atom. The van der Waals surface area contributed by atoms with Crippen molar-refractivity contribution in [1.29, 1.82) is 0 Å². The van der Waals surface area contributed by atoms with E-state index in [1.165, 1.54) is 24.3 Å². The second kappa shape index (κ2) is 9.79. The van der Waals surface area contributed by atoms with Crippen LogP contribution < -0.4 is 20.1 Å². The number of nitrogens with one attached hydrogen (secondary N) is 2. The third-order valence-corrected chi connectivity index (χ3v) is 5.49. The Morgan fingerprint density at radius 3 is 2.85 bits per heavy atom. The van der Waals surface area contributed by atoms with Gasteiger partial charge in [-0.2, -0.15) is 0 Å². The van der Waals surface area contributed by atoms with Crippen molar-refractivity contribution in [1.82, 2.24) is 24.8 Å². The number of azide groups is 1. The number of aliphatic hydroxyl groups excluding tert-OH is 1. The number of carbonyl (C=O) groups excluding carboxylic acids is 1. The molecule has 3 N–H and O–H groups in total. The van der Waals surface area contributed by atoms with Crippen molar-refractivity contribution in [3.63, 3.8) is 0 Å². The van der Waals surface area contributed by atoms with E-state index < -0.39 is 30.4 Å². The standard InChI is InChI=1S/C20H23N9O5/c1-22-19(31)16-13(27-28-21)15(30)20(34-16)29-9-26-14-17(24-8-25-18(14)29)23-7-10-6-11(32-2)4-5-12(10)33-3/h4-6,8-9,13,15-16,20,30H,7H2,1-3H3,(H,22,31)(H,23,24,25). The Labute approximate surface area is 193 Å². The summed E-state index contributed by atoms with van der Waals surface area (Å²) in [5.74, 6) is 1.28. The van der Waals surface area contributed by atoms with Gasteiger partial charge in [0.15, 0.2) is 23.2 Å². The van der Waals surface area contributed by atoms with Gasteiger partial charge in [-0.1, -0.05) is 5.11 Å². The predicted molar refractivity (Wildman–Crippen MR) is 119 cm³/mol. The third kappa shape index (κ3) is 4.12. The highest BCUT2D eigenvalue weighted by Gasteiger charge is 2.48. The summed E-state index contributed by atoms with van der Waals surface area (Å²) in [6.07, 6.45) is -0.761. The number of imidazole rings is 1. The van der Waals surface area contributed by atoms with Crippen LogP contribution >= 0.6 is 0 Å². The number of amides is 1. The first-order valence-corrected chi connectivity index (χ1v) is 10.2. The van der Waals surface area contributed by atoms with Crippen LogP contribution in [-0.4, -0.2) is 70.0 Å². The zero-order chi connectivity index (χ0) is 24.2. The van der Waals surface area contributed by atoms with Gasteiger partial charge in [0.2, 0.25) is 5.91 Å². The van der Waals surface area contributed by atoms with Gasteiger partial charge in [-0.25, -0.2) is 15.0 Å². The fraction of sp³-hybridized carbons (Fsp3) is 0.400. The van der Waals surface area contributed by atoms with Crippen LogP contribution in [0.25, 0.3) is 21.6 Å². The summed E-state index contributed by atoms with van der Waals surface area (Å²) in [7, 11) is 4.59. The lowest BCUT2D eigenvalue weighted by Gasteiger charge is -2.17. The molecular weight excluding hydrogens is 446 g/mol. The van der Waals surface area contributed by atoms with E-state index in [0.717, 1.165) is 5.56 Å². The lowest BCUT2D eigenvalue weighted by Crippen LogP contribution is -2.40. The number of likely N-dealkylation sites (N-methyl/N-ethyl adjacent to an activating group) is 1. The molecule has 2 aromatic heterocycles. The minimum absolute atomic E-state index is 0.358. The maximum atomic E-state index is 12.2. The molecule has 1 saturated heterocycles. The van der Waals surface area contributed by atoms with Crippen molar-refractivity contribution in [3.05, 3.63) is 46.9 Å². The average Bonchev–Trinajstić information content (AvgIpc) is 3.43. The van der Waals surface area contributed by atoms with E-state index in [9.17, 15) is 9.90 Å². The zero-order valence-electron chi connectivity index (χ0n) is 18.6. The topological polar surface area (TPSA) is 181 Å². The third-order valence-electron chi connectivity index (χ3n) is 5.49. The van der Waals surface area contributed by atoms with Crippen LogP contribution in [0.15, 0.2) is 36.0 Å². The van der Waals surface area contributed by atoms with Crippen LogP contribution in [0.3, 0.4) is 0 Å². The highest BCUT2D eigenvalue weighted by Crippen LogP contribution is 2.34. The molecule has 1 aliphatic heterocycles. The number of rotatable bonds is 8. The molecule has 3 heterocycles. The Bertz CT molecular complexity index is 1240. The largest absolute Gasteiger partial charge is 0.497 e. The van der Waals surface area contributed by atoms with E-state index in [-0.39, 0.29) is 0 Å². The number of aliphatic hydroxyl groups is 1. The molecule has 0 saturated carbocycles. The van der Waals surface area contributed by atoms with Gasteiger partial charge in [0.25, 0.3) is 0 Å². The van der Waals surface area contributed by atoms with Crippen molar-refractivity contribution >= 4 is 22.9 Å². The van der Waals surface area contributed by atoms with Crippen LogP contribution in [0, 0.1) is 0 Å². The number of anilines is 1. The molecule has 4 unspecified atom stereocenters. The summed E-state index contributed by atoms with van der Waals surface area (Å²) in [6, 6.07) is 4.34. The Morgan fingerprint density at radius 1 is 1.32 bits per heavy atom. The molecule has 0 spiro atoms. The Hall–Kier alpha value is -4.13. The minimum Gasteiger partial charge on any atom is -0.497 e. The second-order valence-corrected chi connectivity index (χ2v) is 7.33. The number of ether oxygens (including phenoxy) is 3. The quantitative estimate of drug-likeness (QED) is 0.247. The first-order chi connectivity index (χ1) is 16.5. The first kappa shape index (κ1) is 23.0. The fourth-order valence-corrected chi connectivity index (χ4v) is 3.80. The molecule has 3 aromatic rings. The predicted octanol–water partition coefficient (Wildman–Crippen LogP) is 1.14. The molecule has 1 aromatic carbocycles. The average molecular weight is 469 g/mol. The van der Waals surface area contributed by atoms with Gasteiger partial charge in [-0.3, -0.25) is 9.36 Å². The number of nitrogens with zero attached hydrogens (tertiary/aromatic N) is 7. The molecule has 0 bridgehead atoms. The molecule has 0 radical (unpaired) electrons. The molecule has 34 heavy (non-hydrogen) atoms. The van der Waals surface area contributed by atoms with E-state index >= 15 is 0 Å². The van der Waals surface area contributed by atoms with Crippen molar-refractivity contribution in [2.75, 3.05) is 26.6 Å². The summed E-state index contributed by atoms with van der Waals surface area (Å²) < 4.78 is 17.9. The maximum absolute atomic E-state index is 12.2.